The molecule has 1 unspecified atom stereocenters. The summed E-state index contributed by atoms with van der Waals surface area (Å²) in [7, 11) is -3.60. The van der Waals surface area contributed by atoms with Crippen molar-refractivity contribution < 1.29 is 18.0 Å². The zero-order valence-electron chi connectivity index (χ0n) is 18.4. The lowest BCUT2D eigenvalue weighted by Gasteiger charge is -2.32. The van der Waals surface area contributed by atoms with E-state index in [0.29, 0.717) is 27.8 Å². The molecule has 1 atom stereocenters. The van der Waals surface area contributed by atoms with Crippen LogP contribution in [-0.2, 0) is 10.0 Å². The number of sulfonamides is 1. The minimum absolute atomic E-state index is 0.0362. The molecule has 0 radical (unpaired) electrons. The molecule has 1 N–H and O–H groups in total. The molecule has 2 aromatic carbocycles. The molecule has 1 aliphatic heterocycles. The average molecular weight is 484 g/mol. The fourth-order valence-corrected chi connectivity index (χ4v) is 6.49. The van der Waals surface area contributed by atoms with Crippen LogP contribution in [0.1, 0.15) is 53.1 Å². The smallest absolute Gasteiger partial charge is 0.257 e. The molecule has 9 heteroatoms. The third-order valence-corrected chi connectivity index (χ3v) is 8.78. The number of piperidine rings is 1. The van der Waals surface area contributed by atoms with E-state index in [9.17, 15) is 18.0 Å². The minimum Gasteiger partial charge on any atom is -0.298 e. The Labute approximate surface area is 197 Å². The van der Waals surface area contributed by atoms with Crippen molar-refractivity contribution in [3.8, 4) is 11.3 Å². The summed E-state index contributed by atoms with van der Waals surface area (Å²) in [5, 5.41) is 3.04. The van der Waals surface area contributed by atoms with Crippen LogP contribution in [0.25, 0.3) is 11.3 Å². The standard InChI is InChI=1S/C24H25N3O4S2/c1-16-8-6-7-15-27(16)33(30,31)20-13-11-19(12-14-20)23(29)26-24-25-21(22(32-24)17(2)28)18-9-4-3-5-10-18/h3-5,9-14,16H,6-8,15H2,1-2H3,(H,25,26,29). The number of hydrogen-bond acceptors (Lipinski definition) is 6. The Kier molecular flexibility index (Phi) is 6.73. The van der Waals surface area contributed by atoms with Gasteiger partial charge < -0.3 is 0 Å². The van der Waals surface area contributed by atoms with Crippen LogP contribution in [-0.4, -0.2) is 42.0 Å². The van der Waals surface area contributed by atoms with E-state index >= 15 is 0 Å². The first-order valence-corrected chi connectivity index (χ1v) is 13.0. The second-order valence-electron chi connectivity index (χ2n) is 8.06. The Bertz CT molecular complexity index is 1270. The first kappa shape index (κ1) is 23.3. The molecule has 1 saturated heterocycles. The summed E-state index contributed by atoms with van der Waals surface area (Å²) < 4.78 is 27.5. The first-order chi connectivity index (χ1) is 15.8. The van der Waals surface area contributed by atoms with Gasteiger partial charge in [-0.15, -0.1) is 0 Å². The molecule has 7 nitrogen and oxygen atoms in total. The lowest BCUT2D eigenvalue weighted by atomic mass is 10.1. The van der Waals surface area contributed by atoms with Gasteiger partial charge in [-0.1, -0.05) is 48.1 Å². The van der Waals surface area contributed by atoms with E-state index in [2.05, 4.69) is 10.3 Å². The summed E-state index contributed by atoms with van der Waals surface area (Å²) in [6.07, 6.45) is 2.73. The van der Waals surface area contributed by atoms with Crippen molar-refractivity contribution in [1.29, 1.82) is 0 Å². The highest BCUT2D eigenvalue weighted by Gasteiger charge is 2.31. The van der Waals surface area contributed by atoms with Gasteiger partial charge in [0.25, 0.3) is 5.91 Å². The van der Waals surface area contributed by atoms with E-state index in [0.717, 1.165) is 36.2 Å². The van der Waals surface area contributed by atoms with E-state index in [1.165, 1.54) is 35.5 Å². The summed E-state index contributed by atoms with van der Waals surface area (Å²) in [4.78, 5) is 30.0. The van der Waals surface area contributed by atoms with E-state index < -0.39 is 15.9 Å². The van der Waals surface area contributed by atoms with Crippen LogP contribution in [0.3, 0.4) is 0 Å². The summed E-state index contributed by atoms with van der Waals surface area (Å²) in [6.45, 7) is 3.90. The molecule has 1 aromatic heterocycles. The number of nitrogens with zero attached hydrogens (tertiary/aromatic N) is 2. The molecular formula is C24H25N3O4S2. The van der Waals surface area contributed by atoms with Crippen molar-refractivity contribution in [1.82, 2.24) is 9.29 Å². The van der Waals surface area contributed by atoms with Crippen LogP contribution in [0.5, 0.6) is 0 Å². The number of anilines is 1. The molecule has 1 amide bonds. The Morgan fingerprint density at radius 2 is 1.76 bits per heavy atom. The number of aromatic nitrogens is 1. The number of nitrogens with one attached hydrogen (secondary N) is 1. The molecule has 172 valence electrons. The second kappa shape index (κ2) is 9.54. The predicted molar refractivity (Wildman–Crippen MR) is 129 cm³/mol. The zero-order valence-corrected chi connectivity index (χ0v) is 20.1. The number of rotatable bonds is 6. The minimum atomic E-state index is -3.60. The Morgan fingerprint density at radius 1 is 1.06 bits per heavy atom. The summed E-state index contributed by atoms with van der Waals surface area (Å²) in [5.74, 6) is -0.554. The molecule has 1 fully saturated rings. The van der Waals surface area contributed by atoms with Gasteiger partial charge >= 0.3 is 0 Å². The molecular weight excluding hydrogens is 458 g/mol. The maximum absolute atomic E-state index is 13.0. The number of ketones is 1. The lowest BCUT2D eigenvalue weighted by Crippen LogP contribution is -2.41. The number of amides is 1. The molecule has 0 aliphatic carbocycles. The highest BCUT2D eigenvalue weighted by Crippen LogP contribution is 2.32. The monoisotopic (exact) mass is 483 g/mol. The number of benzene rings is 2. The lowest BCUT2D eigenvalue weighted by molar-refractivity contribution is 0.101. The van der Waals surface area contributed by atoms with Gasteiger partial charge in [-0.3, -0.25) is 14.9 Å². The number of carbonyl (C=O) groups excluding carboxylic acids is 2. The Balaban J connectivity index is 1.53. The van der Waals surface area contributed by atoms with Crippen molar-refractivity contribution >= 4 is 38.2 Å². The average Bonchev–Trinajstić information content (AvgIpc) is 3.24. The number of carbonyl (C=O) groups is 2. The van der Waals surface area contributed by atoms with Gasteiger partial charge in [0, 0.05) is 30.6 Å². The van der Waals surface area contributed by atoms with Crippen molar-refractivity contribution in [3.63, 3.8) is 0 Å². The largest absolute Gasteiger partial charge is 0.298 e. The molecule has 0 saturated carbocycles. The van der Waals surface area contributed by atoms with Crippen LogP contribution in [0, 0.1) is 0 Å². The van der Waals surface area contributed by atoms with Crippen molar-refractivity contribution in [2.75, 3.05) is 11.9 Å². The van der Waals surface area contributed by atoms with Gasteiger partial charge in [0.1, 0.15) is 0 Å². The van der Waals surface area contributed by atoms with E-state index in [1.807, 2.05) is 37.3 Å². The maximum atomic E-state index is 13.0. The second-order valence-corrected chi connectivity index (χ2v) is 10.9. The van der Waals surface area contributed by atoms with E-state index in [-0.39, 0.29) is 16.7 Å². The topological polar surface area (TPSA) is 96.4 Å². The van der Waals surface area contributed by atoms with E-state index in [4.69, 9.17) is 0 Å². The highest BCUT2D eigenvalue weighted by atomic mass is 32.2. The molecule has 0 spiro atoms. The van der Waals surface area contributed by atoms with Crippen LogP contribution in [0.4, 0.5) is 5.13 Å². The van der Waals surface area contributed by atoms with Crippen molar-refractivity contribution in [3.05, 3.63) is 65.0 Å². The molecule has 4 rings (SSSR count). The van der Waals surface area contributed by atoms with Crippen molar-refractivity contribution in [2.45, 2.75) is 44.0 Å². The summed E-state index contributed by atoms with van der Waals surface area (Å²) in [5.41, 5.74) is 1.63. The molecule has 2 heterocycles. The summed E-state index contributed by atoms with van der Waals surface area (Å²) in [6, 6.07) is 15.2. The Hall–Kier alpha value is -2.88. The normalized spacial score (nSPS) is 17.0. The molecule has 3 aromatic rings. The molecule has 33 heavy (non-hydrogen) atoms. The number of hydrogen-bond donors (Lipinski definition) is 1. The van der Waals surface area contributed by atoms with E-state index in [1.54, 1.807) is 0 Å². The van der Waals surface area contributed by atoms with Gasteiger partial charge in [-0.25, -0.2) is 13.4 Å². The first-order valence-electron chi connectivity index (χ1n) is 10.8. The maximum Gasteiger partial charge on any atom is 0.257 e. The van der Waals surface area contributed by atoms with Gasteiger partial charge in [0.05, 0.1) is 15.5 Å². The van der Waals surface area contributed by atoms with Crippen LogP contribution < -0.4 is 5.32 Å². The Morgan fingerprint density at radius 3 is 2.39 bits per heavy atom. The number of thiazole rings is 1. The van der Waals surface area contributed by atoms with Crippen LogP contribution in [0.15, 0.2) is 59.5 Å². The van der Waals surface area contributed by atoms with Gasteiger partial charge in [-0.2, -0.15) is 4.31 Å². The SMILES string of the molecule is CC(=O)c1sc(NC(=O)c2ccc(S(=O)(=O)N3CCCCC3C)cc2)nc1-c1ccccc1. The third-order valence-electron chi connectivity index (χ3n) is 5.68. The molecule has 1 aliphatic rings. The fraction of sp³-hybridized carbons (Fsp3) is 0.292. The summed E-state index contributed by atoms with van der Waals surface area (Å²) >= 11 is 1.12. The van der Waals surface area contributed by atoms with Gasteiger partial charge in [-0.05, 0) is 44.0 Å². The van der Waals surface area contributed by atoms with Crippen LogP contribution in [0.2, 0.25) is 0 Å². The third kappa shape index (κ3) is 4.90. The van der Waals surface area contributed by atoms with Gasteiger partial charge in [0.2, 0.25) is 10.0 Å². The predicted octanol–water partition coefficient (Wildman–Crippen LogP) is 4.83. The zero-order chi connectivity index (χ0) is 23.6. The number of Topliss-reactive ketones (excluding diaryl/α,β-unsaturated/α-hetero) is 1. The van der Waals surface area contributed by atoms with Crippen molar-refractivity contribution in [2.24, 2.45) is 0 Å². The fourth-order valence-electron chi connectivity index (χ4n) is 3.92. The van der Waals surface area contributed by atoms with Crippen LogP contribution >= 0.6 is 11.3 Å². The van der Waals surface area contributed by atoms with Gasteiger partial charge in [0.15, 0.2) is 10.9 Å². The quantitative estimate of drug-likeness (QED) is 0.507. The highest BCUT2D eigenvalue weighted by molar-refractivity contribution is 7.89. The molecule has 0 bridgehead atoms.